The molecule has 0 unspecified atom stereocenters. The summed E-state index contributed by atoms with van der Waals surface area (Å²) in [5.41, 5.74) is 1.42. The Morgan fingerprint density at radius 3 is 2.81 bits per heavy atom. The van der Waals surface area contributed by atoms with Gasteiger partial charge in [0.05, 0.1) is 7.11 Å². The first-order valence-corrected chi connectivity index (χ1v) is 4.91. The van der Waals surface area contributed by atoms with Crippen molar-refractivity contribution in [2.24, 2.45) is 5.16 Å². The van der Waals surface area contributed by atoms with E-state index in [1.54, 1.807) is 7.11 Å². The number of methoxy groups -OCH3 is 1. The molecule has 0 aliphatic rings. The number of ether oxygens (including phenoxy) is 1. The van der Waals surface area contributed by atoms with E-state index in [4.69, 9.17) is 14.0 Å². The summed E-state index contributed by atoms with van der Waals surface area (Å²) in [5, 5.41) is 4.81. The van der Waals surface area contributed by atoms with Gasteiger partial charge < -0.3 is 14.0 Å². The second kappa shape index (κ2) is 4.26. The number of hydrogen-bond acceptors (Lipinski definition) is 4. The molecule has 0 bridgehead atoms. The largest absolute Gasteiger partial charge is 0.493 e. The van der Waals surface area contributed by atoms with Gasteiger partial charge in [-0.2, -0.15) is 0 Å². The van der Waals surface area contributed by atoms with Gasteiger partial charge in [0, 0.05) is 5.39 Å². The monoisotopic (exact) mass is 219 g/mol. The molecule has 0 spiro atoms. The van der Waals surface area contributed by atoms with Crippen LogP contribution in [0.2, 0.25) is 0 Å². The summed E-state index contributed by atoms with van der Waals surface area (Å²) in [4.78, 5) is 4.71. The van der Waals surface area contributed by atoms with Gasteiger partial charge in [-0.05, 0) is 19.1 Å². The highest BCUT2D eigenvalue weighted by Gasteiger charge is 2.10. The Balaban J connectivity index is 2.55. The minimum absolute atomic E-state index is 0.682. The molecule has 1 aromatic carbocycles. The zero-order chi connectivity index (χ0) is 11.5. The van der Waals surface area contributed by atoms with E-state index in [2.05, 4.69) is 5.16 Å². The molecule has 84 valence electrons. The molecule has 0 saturated carbocycles. The lowest BCUT2D eigenvalue weighted by Crippen LogP contribution is -1.91. The second-order valence-electron chi connectivity index (χ2n) is 3.35. The van der Waals surface area contributed by atoms with Crippen LogP contribution in [0, 0.1) is 0 Å². The Labute approximate surface area is 93.4 Å². The van der Waals surface area contributed by atoms with Gasteiger partial charge in [-0.15, -0.1) is 0 Å². The number of hydrogen-bond donors (Lipinski definition) is 0. The van der Waals surface area contributed by atoms with Crippen LogP contribution in [0.5, 0.6) is 5.75 Å². The molecular formula is C12H13NO3. The maximum Gasteiger partial charge on any atom is 0.176 e. The van der Waals surface area contributed by atoms with Gasteiger partial charge in [0.1, 0.15) is 12.8 Å². The first kappa shape index (κ1) is 10.5. The van der Waals surface area contributed by atoms with Crippen LogP contribution in [0.15, 0.2) is 33.8 Å². The molecule has 4 heteroatoms. The Hall–Kier alpha value is -1.97. The smallest absolute Gasteiger partial charge is 0.176 e. The molecule has 1 heterocycles. The number of para-hydroxylation sites is 1. The maximum atomic E-state index is 5.67. The minimum Gasteiger partial charge on any atom is -0.493 e. The van der Waals surface area contributed by atoms with E-state index >= 15 is 0 Å². The fourth-order valence-electron chi connectivity index (χ4n) is 1.56. The number of rotatable bonds is 3. The van der Waals surface area contributed by atoms with Crippen molar-refractivity contribution in [3.05, 3.63) is 30.0 Å². The fraction of sp³-hybridized carbons (Fsp3) is 0.250. The highest BCUT2D eigenvalue weighted by Crippen LogP contribution is 2.28. The van der Waals surface area contributed by atoms with Crippen molar-refractivity contribution in [2.45, 2.75) is 6.92 Å². The normalized spacial score (nSPS) is 11.8. The van der Waals surface area contributed by atoms with E-state index in [0.717, 1.165) is 11.0 Å². The van der Waals surface area contributed by atoms with Crippen LogP contribution in [0.25, 0.3) is 11.0 Å². The average Bonchev–Trinajstić information content (AvgIpc) is 2.72. The highest BCUT2D eigenvalue weighted by molar-refractivity contribution is 6.00. The van der Waals surface area contributed by atoms with E-state index in [1.807, 2.05) is 31.2 Å². The molecule has 0 aliphatic carbocycles. The molecule has 0 N–H and O–H groups in total. The van der Waals surface area contributed by atoms with Gasteiger partial charge in [0.2, 0.25) is 0 Å². The van der Waals surface area contributed by atoms with Crippen molar-refractivity contribution in [3.8, 4) is 5.75 Å². The predicted molar refractivity (Wildman–Crippen MR) is 62.0 cm³/mol. The third kappa shape index (κ3) is 1.74. The lowest BCUT2D eigenvalue weighted by molar-refractivity contribution is 0.213. The summed E-state index contributed by atoms with van der Waals surface area (Å²) in [6, 6.07) is 7.66. The van der Waals surface area contributed by atoms with Gasteiger partial charge in [0.15, 0.2) is 17.1 Å². The molecule has 4 nitrogen and oxygen atoms in total. The van der Waals surface area contributed by atoms with E-state index in [-0.39, 0.29) is 0 Å². The molecule has 0 atom stereocenters. The molecule has 2 aromatic rings. The maximum absolute atomic E-state index is 5.67. The topological polar surface area (TPSA) is 44.0 Å². The number of oxime groups is 1. The molecule has 2 rings (SSSR count). The van der Waals surface area contributed by atoms with Gasteiger partial charge in [-0.25, -0.2) is 0 Å². The third-order valence-corrected chi connectivity index (χ3v) is 2.31. The molecule has 0 fully saturated rings. The Bertz CT molecular complexity index is 528. The summed E-state index contributed by atoms with van der Waals surface area (Å²) in [5.74, 6) is 1.40. The SMILES string of the molecule is CON=C(C)c1cc2cccc(OC)c2o1. The lowest BCUT2D eigenvalue weighted by atomic mass is 10.2. The van der Waals surface area contributed by atoms with Crippen molar-refractivity contribution in [2.75, 3.05) is 14.2 Å². The Morgan fingerprint density at radius 1 is 1.31 bits per heavy atom. The summed E-state index contributed by atoms with van der Waals surface area (Å²) in [6.07, 6.45) is 0. The minimum atomic E-state index is 0.682. The summed E-state index contributed by atoms with van der Waals surface area (Å²) in [7, 11) is 3.12. The van der Waals surface area contributed by atoms with Crippen molar-refractivity contribution in [3.63, 3.8) is 0 Å². The van der Waals surface area contributed by atoms with E-state index in [9.17, 15) is 0 Å². The van der Waals surface area contributed by atoms with Crippen LogP contribution in [0.1, 0.15) is 12.7 Å². The quantitative estimate of drug-likeness (QED) is 0.589. The third-order valence-electron chi connectivity index (χ3n) is 2.31. The van der Waals surface area contributed by atoms with Gasteiger partial charge in [-0.3, -0.25) is 0 Å². The van der Waals surface area contributed by atoms with E-state index < -0.39 is 0 Å². The Kier molecular flexibility index (Phi) is 2.81. The van der Waals surface area contributed by atoms with Crippen LogP contribution in [0.4, 0.5) is 0 Å². The molecule has 0 aliphatic heterocycles. The molecule has 0 saturated heterocycles. The summed E-state index contributed by atoms with van der Waals surface area (Å²) in [6.45, 7) is 1.83. The van der Waals surface area contributed by atoms with Crippen LogP contribution in [0.3, 0.4) is 0 Å². The Morgan fingerprint density at radius 2 is 2.12 bits per heavy atom. The fourth-order valence-corrected chi connectivity index (χ4v) is 1.56. The molecule has 1 aromatic heterocycles. The number of nitrogens with zero attached hydrogens (tertiary/aromatic N) is 1. The van der Waals surface area contributed by atoms with Crippen LogP contribution in [-0.2, 0) is 4.84 Å². The van der Waals surface area contributed by atoms with Crippen molar-refractivity contribution >= 4 is 16.7 Å². The number of fused-ring (bicyclic) bond motifs is 1. The standard InChI is InChI=1S/C12H13NO3/c1-8(13-15-3)11-7-9-5-4-6-10(14-2)12(9)16-11/h4-7H,1-3H3. The van der Waals surface area contributed by atoms with E-state index in [0.29, 0.717) is 17.2 Å². The highest BCUT2D eigenvalue weighted by atomic mass is 16.6. The van der Waals surface area contributed by atoms with E-state index in [1.165, 1.54) is 7.11 Å². The zero-order valence-electron chi connectivity index (χ0n) is 9.48. The lowest BCUT2D eigenvalue weighted by Gasteiger charge is -1.98. The van der Waals surface area contributed by atoms with Gasteiger partial charge in [-0.1, -0.05) is 17.3 Å². The van der Waals surface area contributed by atoms with Crippen LogP contribution >= 0.6 is 0 Å². The van der Waals surface area contributed by atoms with Crippen LogP contribution < -0.4 is 4.74 Å². The summed E-state index contributed by atoms with van der Waals surface area (Å²) >= 11 is 0. The van der Waals surface area contributed by atoms with Crippen molar-refractivity contribution in [1.82, 2.24) is 0 Å². The first-order valence-electron chi connectivity index (χ1n) is 4.91. The predicted octanol–water partition coefficient (Wildman–Crippen LogP) is 2.81. The zero-order valence-corrected chi connectivity index (χ0v) is 9.48. The van der Waals surface area contributed by atoms with Crippen LogP contribution in [-0.4, -0.2) is 19.9 Å². The molecule has 0 radical (unpaired) electrons. The van der Waals surface area contributed by atoms with Gasteiger partial charge in [0.25, 0.3) is 0 Å². The number of furan rings is 1. The molecule has 16 heavy (non-hydrogen) atoms. The average molecular weight is 219 g/mol. The summed E-state index contributed by atoms with van der Waals surface area (Å²) < 4.78 is 10.9. The van der Waals surface area contributed by atoms with Crippen molar-refractivity contribution in [1.29, 1.82) is 0 Å². The molecular weight excluding hydrogens is 206 g/mol. The van der Waals surface area contributed by atoms with Gasteiger partial charge >= 0.3 is 0 Å². The molecule has 0 amide bonds. The first-order chi connectivity index (χ1) is 7.76. The second-order valence-corrected chi connectivity index (χ2v) is 3.35. The number of benzene rings is 1. The van der Waals surface area contributed by atoms with Crippen molar-refractivity contribution < 1.29 is 14.0 Å².